The molecule has 3 aliphatic heterocycles. The Bertz CT molecular complexity index is 1750. The number of aromatic nitrogens is 3. The number of carbonyl (C=O) groups is 1. The Hall–Kier alpha value is -3.89. The molecular formula is C31H29ClF2N6O2. The zero-order valence-electron chi connectivity index (χ0n) is 23.1. The number of hydrogen-bond donors (Lipinski definition) is 0. The summed E-state index contributed by atoms with van der Waals surface area (Å²) in [4.78, 5) is 32.0. The molecule has 3 saturated heterocycles. The molecule has 1 amide bonds. The maximum absolute atomic E-state index is 16.0. The number of hydrogen-bond acceptors (Lipinski definition) is 7. The van der Waals surface area contributed by atoms with Gasteiger partial charge < -0.3 is 19.4 Å². The van der Waals surface area contributed by atoms with Crippen LogP contribution in [0.3, 0.4) is 0 Å². The highest BCUT2D eigenvalue weighted by atomic mass is 35.5. The Labute approximate surface area is 246 Å². The molecule has 11 heteroatoms. The molecule has 216 valence electrons. The summed E-state index contributed by atoms with van der Waals surface area (Å²) >= 11 is 6.56. The molecule has 1 unspecified atom stereocenters. The van der Waals surface area contributed by atoms with Crippen molar-refractivity contribution in [1.29, 1.82) is 0 Å². The molecule has 4 aromatic rings. The van der Waals surface area contributed by atoms with Crippen LogP contribution in [0.15, 0.2) is 55.1 Å². The molecule has 42 heavy (non-hydrogen) atoms. The number of nitrogens with zero attached hydrogens (tertiary/aromatic N) is 6. The molecule has 0 aliphatic carbocycles. The SMILES string of the molecule is C=C(F)C(=O)N1CC[C@@H]2[C@H]1CN2c1nc(OCC2CCCN2C)nc2cc(-c3cncc4cccc(Cl)c34)c(F)cc12. The zero-order valence-corrected chi connectivity index (χ0v) is 23.8. The van der Waals surface area contributed by atoms with E-state index in [0.29, 0.717) is 64.4 Å². The molecular weight excluding hydrogens is 562 g/mol. The highest BCUT2D eigenvalue weighted by molar-refractivity contribution is 6.36. The lowest BCUT2D eigenvalue weighted by atomic mass is 9.95. The van der Waals surface area contributed by atoms with Crippen LogP contribution in [-0.4, -0.2) is 82.1 Å². The van der Waals surface area contributed by atoms with E-state index in [1.54, 1.807) is 24.5 Å². The zero-order chi connectivity index (χ0) is 29.1. The second-order valence-electron chi connectivity index (χ2n) is 11.3. The van der Waals surface area contributed by atoms with Gasteiger partial charge in [0.15, 0.2) is 5.83 Å². The van der Waals surface area contributed by atoms with E-state index in [4.69, 9.17) is 26.3 Å². The van der Waals surface area contributed by atoms with E-state index in [1.165, 1.54) is 11.0 Å². The van der Waals surface area contributed by atoms with Gasteiger partial charge in [-0.2, -0.15) is 9.97 Å². The van der Waals surface area contributed by atoms with E-state index in [0.717, 1.165) is 24.8 Å². The van der Waals surface area contributed by atoms with E-state index >= 15 is 4.39 Å². The first kappa shape index (κ1) is 27.0. The number of ether oxygens (including phenoxy) is 1. The van der Waals surface area contributed by atoms with Crippen LogP contribution in [0.5, 0.6) is 6.01 Å². The molecule has 0 radical (unpaired) electrons. The molecule has 2 aromatic carbocycles. The number of halogens is 3. The maximum atomic E-state index is 16.0. The number of pyridine rings is 1. The molecule has 3 atom stereocenters. The number of fused-ring (bicyclic) bond motifs is 3. The van der Waals surface area contributed by atoms with Crippen LogP contribution in [0.4, 0.5) is 14.6 Å². The summed E-state index contributed by atoms with van der Waals surface area (Å²) in [5.41, 5.74) is 1.40. The Kier molecular flexibility index (Phi) is 6.70. The van der Waals surface area contributed by atoms with Crippen molar-refractivity contribution in [3.8, 4) is 17.1 Å². The lowest BCUT2D eigenvalue weighted by Crippen LogP contribution is -2.63. The molecule has 8 nitrogen and oxygen atoms in total. The normalized spacial score (nSPS) is 22.0. The fourth-order valence-electron chi connectivity index (χ4n) is 6.63. The van der Waals surface area contributed by atoms with Gasteiger partial charge in [-0.25, -0.2) is 8.78 Å². The largest absolute Gasteiger partial charge is 0.462 e. The van der Waals surface area contributed by atoms with Gasteiger partial charge in [0.2, 0.25) is 0 Å². The number of likely N-dealkylation sites (N-methyl/N-ethyl adjacent to an activating group) is 1. The average molecular weight is 591 g/mol. The van der Waals surface area contributed by atoms with Crippen molar-refractivity contribution >= 4 is 45.0 Å². The van der Waals surface area contributed by atoms with Crippen LogP contribution in [-0.2, 0) is 4.79 Å². The minimum atomic E-state index is -0.966. The monoisotopic (exact) mass is 590 g/mol. The van der Waals surface area contributed by atoms with Gasteiger partial charge in [-0.3, -0.25) is 9.78 Å². The number of anilines is 1. The summed E-state index contributed by atoms with van der Waals surface area (Å²) in [7, 11) is 2.07. The first-order valence-corrected chi connectivity index (χ1v) is 14.5. The highest BCUT2D eigenvalue weighted by Gasteiger charge is 2.50. The van der Waals surface area contributed by atoms with Crippen molar-refractivity contribution in [2.45, 2.75) is 37.4 Å². The van der Waals surface area contributed by atoms with Crippen LogP contribution in [0.25, 0.3) is 32.8 Å². The summed E-state index contributed by atoms with van der Waals surface area (Å²) in [5.74, 6) is -1.58. The van der Waals surface area contributed by atoms with Crippen molar-refractivity contribution in [2.24, 2.45) is 0 Å². The summed E-state index contributed by atoms with van der Waals surface area (Å²) in [6.07, 6.45) is 6.08. The van der Waals surface area contributed by atoms with Crippen LogP contribution < -0.4 is 9.64 Å². The van der Waals surface area contributed by atoms with E-state index in [9.17, 15) is 9.18 Å². The summed E-state index contributed by atoms with van der Waals surface area (Å²) in [6.45, 7) is 5.48. The predicted octanol–water partition coefficient (Wildman–Crippen LogP) is 5.38. The molecule has 2 aromatic heterocycles. The van der Waals surface area contributed by atoms with Crippen LogP contribution in [0.2, 0.25) is 5.02 Å². The van der Waals surface area contributed by atoms with Crippen molar-refractivity contribution in [1.82, 2.24) is 24.8 Å². The van der Waals surface area contributed by atoms with E-state index in [1.807, 2.05) is 17.0 Å². The standard InChI is InChI=1S/C31H29ClF2N6O2/c1-17(33)30(41)39-10-8-26-27(39)15-40(26)29-21-11-24(34)20(22-14-35-13-18-5-3-7-23(32)28(18)22)12-25(21)36-31(37-29)42-16-19-6-4-9-38(19)2/h3,5,7,11-14,19,26-27H,1,4,6,8-10,15-16H2,2H3/t19?,26-,27-/m1/s1. The van der Waals surface area contributed by atoms with Gasteiger partial charge in [-0.15, -0.1) is 0 Å². The van der Waals surface area contributed by atoms with Gasteiger partial charge in [0.05, 0.1) is 17.6 Å². The maximum Gasteiger partial charge on any atom is 0.319 e. The Morgan fingerprint density at radius 3 is 2.79 bits per heavy atom. The highest BCUT2D eigenvalue weighted by Crippen LogP contribution is 2.42. The minimum Gasteiger partial charge on any atom is -0.462 e. The molecule has 0 saturated carbocycles. The van der Waals surface area contributed by atoms with E-state index in [-0.39, 0.29) is 24.1 Å². The smallest absolute Gasteiger partial charge is 0.319 e. The third-order valence-electron chi connectivity index (χ3n) is 8.90. The topological polar surface area (TPSA) is 74.7 Å². The number of carbonyl (C=O) groups excluding carboxylic acids is 1. The van der Waals surface area contributed by atoms with E-state index < -0.39 is 17.6 Å². The van der Waals surface area contributed by atoms with Gasteiger partial charge in [-0.1, -0.05) is 30.3 Å². The summed E-state index contributed by atoms with van der Waals surface area (Å²) in [5, 5.41) is 2.54. The van der Waals surface area contributed by atoms with Gasteiger partial charge >= 0.3 is 6.01 Å². The third kappa shape index (κ3) is 4.44. The number of likely N-dealkylation sites (tertiary alicyclic amines) is 2. The molecule has 3 aliphatic rings. The molecule has 0 N–H and O–H groups in total. The number of amides is 1. The van der Waals surface area contributed by atoms with Gasteiger partial charge in [0, 0.05) is 63.8 Å². The van der Waals surface area contributed by atoms with Crippen molar-refractivity contribution in [2.75, 3.05) is 38.2 Å². The van der Waals surface area contributed by atoms with E-state index in [2.05, 4.69) is 23.5 Å². The van der Waals surface area contributed by atoms with Crippen molar-refractivity contribution < 1.29 is 18.3 Å². The van der Waals surface area contributed by atoms with Gasteiger partial charge in [0.1, 0.15) is 18.2 Å². The second kappa shape index (κ2) is 10.4. The molecule has 5 heterocycles. The first-order chi connectivity index (χ1) is 20.3. The first-order valence-electron chi connectivity index (χ1n) is 14.1. The lowest BCUT2D eigenvalue weighted by Gasteiger charge is -2.47. The Balaban J connectivity index is 1.31. The van der Waals surface area contributed by atoms with Gasteiger partial charge in [0.25, 0.3) is 5.91 Å². The third-order valence-corrected chi connectivity index (χ3v) is 9.22. The van der Waals surface area contributed by atoms with Gasteiger partial charge in [-0.05, 0) is 51.1 Å². The Morgan fingerprint density at radius 2 is 2.00 bits per heavy atom. The molecule has 3 fully saturated rings. The minimum absolute atomic E-state index is 0.0796. The lowest BCUT2D eigenvalue weighted by molar-refractivity contribution is -0.130. The molecule has 7 rings (SSSR count). The Morgan fingerprint density at radius 1 is 1.14 bits per heavy atom. The summed E-state index contributed by atoms with van der Waals surface area (Å²) < 4.78 is 35.8. The second-order valence-corrected chi connectivity index (χ2v) is 11.7. The van der Waals surface area contributed by atoms with Crippen LogP contribution >= 0.6 is 11.6 Å². The predicted molar refractivity (Wildman–Crippen MR) is 158 cm³/mol. The fourth-order valence-corrected chi connectivity index (χ4v) is 6.91. The average Bonchev–Trinajstić information content (AvgIpc) is 3.53. The number of rotatable bonds is 6. The van der Waals surface area contributed by atoms with Crippen LogP contribution in [0.1, 0.15) is 19.3 Å². The fraction of sp³-hybridized carbons (Fsp3) is 0.355. The molecule has 0 spiro atoms. The number of benzene rings is 2. The van der Waals surface area contributed by atoms with Crippen LogP contribution in [0, 0.1) is 5.82 Å². The van der Waals surface area contributed by atoms with Crippen molar-refractivity contribution in [3.63, 3.8) is 0 Å². The van der Waals surface area contributed by atoms with Crippen molar-refractivity contribution in [3.05, 3.63) is 66.0 Å². The molecule has 0 bridgehead atoms. The quantitative estimate of drug-likeness (QED) is 0.279. The summed E-state index contributed by atoms with van der Waals surface area (Å²) in [6, 6.07) is 8.84.